The Balaban J connectivity index is 3.23. The molecular formula is C14H12N2O3. The van der Waals surface area contributed by atoms with Crippen LogP contribution in [-0.2, 0) is 4.79 Å². The molecule has 0 saturated heterocycles. The fourth-order valence-corrected chi connectivity index (χ4v) is 1.32. The third-order valence-electron chi connectivity index (χ3n) is 2.22. The topological polar surface area (TPSA) is 85.3 Å². The van der Waals surface area contributed by atoms with E-state index >= 15 is 0 Å². The normalized spacial score (nSPS) is 10.2. The zero-order valence-electron chi connectivity index (χ0n) is 10.3. The highest BCUT2D eigenvalue weighted by atomic mass is 16.5. The third-order valence-corrected chi connectivity index (χ3v) is 2.22. The van der Waals surface area contributed by atoms with Crippen molar-refractivity contribution < 1.29 is 14.3 Å². The summed E-state index contributed by atoms with van der Waals surface area (Å²) in [6, 6.07) is 6.65. The Morgan fingerprint density at radius 2 is 2.32 bits per heavy atom. The first-order chi connectivity index (χ1) is 9.12. The Hall–Kier alpha value is -2.92. The number of hydrogen-bond donors (Lipinski definition) is 1. The summed E-state index contributed by atoms with van der Waals surface area (Å²) in [5.74, 6) is 2.51. The molecule has 0 fully saturated rings. The summed E-state index contributed by atoms with van der Waals surface area (Å²) in [4.78, 5) is 11.0. The number of rotatable bonds is 5. The van der Waals surface area contributed by atoms with Crippen molar-refractivity contribution in [1.29, 1.82) is 5.26 Å². The van der Waals surface area contributed by atoms with Crippen LogP contribution in [-0.4, -0.2) is 19.6 Å². The Labute approximate surface area is 111 Å². The zero-order valence-corrected chi connectivity index (χ0v) is 10.3. The summed E-state index contributed by atoms with van der Waals surface area (Å²) in [5, 5.41) is 8.81. The summed E-state index contributed by atoms with van der Waals surface area (Å²) in [7, 11) is 1.51. The molecule has 5 nitrogen and oxygen atoms in total. The van der Waals surface area contributed by atoms with Crippen molar-refractivity contribution in [3.8, 4) is 29.9 Å². The van der Waals surface area contributed by atoms with Crippen LogP contribution in [0.2, 0.25) is 0 Å². The maximum atomic E-state index is 11.0. The number of primary amides is 1. The number of ether oxygens (including phenoxy) is 2. The van der Waals surface area contributed by atoms with Gasteiger partial charge < -0.3 is 15.2 Å². The van der Waals surface area contributed by atoms with Gasteiger partial charge in [-0.15, -0.1) is 6.42 Å². The van der Waals surface area contributed by atoms with Gasteiger partial charge in [-0.3, -0.25) is 4.79 Å². The predicted octanol–water partition coefficient (Wildman–Crippen LogP) is 1.10. The van der Waals surface area contributed by atoms with Crippen LogP contribution in [0.5, 0.6) is 11.5 Å². The summed E-state index contributed by atoms with van der Waals surface area (Å²) >= 11 is 0. The quantitative estimate of drug-likeness (QED) is 0.485. The van der Waals surface area contributed by atoms with Gasteiger partial charge in [0.05, 0.1) is 7.11 Å². The number of methoxy groups -OCH3 is 1. The molecule has 1 rings (SSSR count). The number of terminal acetylenes is 1. The molecule has 1 amide bonds. The number of nitriles is 1. The van der Waals surface area contributed by atoms with Crippen LogP contribution in [0, 0.1) is 23.7 Å². The van der Waals surface area contributed by atoms with Crippen LogP contribution in [0.3, 0.4) is 0 Å². The minimum atomic E-state index is -0.804. The van der Waals surface area contributed by atoms with Crippen LogP contribution < -0.4 is 15.2 Å². The number of amides is 1. The fraction of sp³-hybridized carbons (Fsp3) is 0.143. The highest BCUT2D eigenvalue weighted by Gasteiger charge is 2.08. The highest BCUT2D eigenvalue weighted by molar-refractivity contribution is 6.00. The van der Waals surface area contributed by atoms with Crippen molar-refractivity contribution in [2.45, 2.75) is 0 Å². The standard InChI is InChI=1S/C14H12N2O3/c1-3-6-19-13-8-12(18-2)5-4-10(13)7-11(9-15)14(16)17/h1,4-5,7-8H,6H2,2H3,(H2,16,17)/b11-7+. The van der Waals surface area contributed by atoms with E-state index in [2.05, 4.69) is 5.92 Å². The molecule has 0 radical (unpaired) electrons. The summed E-state index contributed by atoms with van der Waals surface area (Å²) in [6.45, 7) is 0.0620. The second-order valence-electron chi connectivity index (χ2n) is 3.43. The van der Waals surface area contributed by atoms with Gasteiger partial charge in [0.15, 0.2) is 0 Å². The molecule has 0 aromatic heterocycles. The molecule has 0 aliphatic heterocycles. The molecule has 0 bridgehead atoms. The Kier molecular flexibility index (Phi) is 5.01. The van der Waals surface area contributed by atoms with E-state index in [0.29, 0.717) is 17.1 Å². The molecule has 1 aromatic rings. The maximum Gasteiger partial charge on any atom is 0.259 e. The lowest BCUT2D eigenvalue weighted by atomic mass is 10.1. The molecule has 1 aromatic carbocycles. The van der Waals surface area contributed by atoms with Gasteiger partial charge in [0.1, 0.15) is 29.7 Å². The number of benzene rings is 1. The maximum absolute atomic E-state index is 11.0. The summed E-state index contributed by atoms with van der Waals surface area (Å²) < 4.78 is 10.4. The smallest absolute Gasteiger partial charge is 0.259 e. The Bertz CT molecular complexity index is 592. The van der Waals surface area contributed by atoms with Crippen LogP contribution in [0.25, 0.3) is 6.08 Å². The van der Waals surface area contributed by atoms with E-state index < -0.39 is 5.91 Å². The second kappa shape index (κ2) is 6.73. The molecular weight excluding hydrogens is 244 g/mol. The van der Waals surface area contributed by atoms with Gasteiger partial charge in [-0.2, -0.15) is 5.26 Å². The number of nitrogens with zero attached hydrogens (tertiary/aromatic N) is 1. The van der Waals surface area contributed by atoms with Gasteiger partial charge in [0.25, 0.3) is 5.91 Å². The van der Waals surface area contributed by atoms with E-state index in [0.717, 1.165) is 0 Å². The molecule has 0 saturated carbocycles. The summed E-state index contributed by atoms with van der Waals surface area (Å²) in [6.07, 6.45) is 6.47. The van der Waals surface area contributed by atoms with Crippen molar-refractivity contribution >= 4 is 12.0 Å². The predicted molar refractivity (Wildman–Crippen MR) is 70.1 cm³/mol. The molecule has 0 aliphatic rings. The third kappa shape index (κ3) is 3.79. The van der Waals surface area contributed by atoms with Crippen molar-refractivity contribution in [2.24, 2.45) is 5.73 Å². The van der Waals surface area contributed by atoms with Crippen LogP contribution in [0.4, 0.5) is 0 Å². The highest BCUT2D eigenvalue weighted by Crippen LogP contribution is 2.26. The number of nitrogens with two attached hydrogens (primary N) is 1. The van der Waals surface area contributed by atoms with Gasteiger partial charge >= 0.3 is 0 Å². The van der Waals surface area contributed by atoms with E-state index in [1.165, 1.54) is 13.2 Å². The zero-order chi connectivity index (χ0) is 14.3. The fourth-order valence-electron chi connectivity index (χ4n) is 1.32. The first-order valence-corrected chi connectivity index (χ1v) is 5.28. The SMILES string of the molecule is C#CCOc1cc(OC)ccc1/C=C(\C#N)C(N)=O. The number of hydrogen-bond acceptors (Lipinski definition) is 4. The van der Waals surface area contributed by atoms with Crippen LogP contribution in [0.1, 0.15) is 5.56 Å². The van der Waals surface area contributed by atoms with Gasteiger partial charge in [-0.25, -0.2) is 0 Å². The molecule has 0 unspecified atom stereocenters. The number of carbonyl (C=O) groups excluding carboxylic acids is 1. The summed E-state index contributed by atoms with van der Waals surface area (Å²) in [5.41, 5.74) is 5.42. The van der Waals surface area contributed by atoms with Gasteiger partial charge in [0, 0.05) is 11.6 Å². The Morgan fingerprint density at radius 1 is 1.58 bits per heavy atom. The molecule has 0 heterocycles. The minimum absolute atomic E-state index is 0.0620. The average Bonchev–Trinajstić information content (AvgIpc) is 2.42. The minimum Gasteiger partial charge on any atom is -0.497 e. The molecule has 0 aliphatic carbocycles. The lowest BCUT2D eigenvalue weighted by Crippen LogP contribution is -2.12. The van der Waals surface area contributed by atoms with E-state index in [9.17, 15) is 4.79 Å². The first-order valence-electron chi connectivity index (χ1n) is 5.28. The lowest BCUT2D eigenvalue weighted by molar-refractivity contribution is -0.114. The van der Waals surface area contributed by atoms with E-state index in [1.54, 1.807) is 24.3 Å². The van der Waals surface area contributed by atoms with Crippen molar-refractivity contribution in [1.82, 2.24) is 0 Å². The Morgan fingerprint density at radius 3 is 2.84 bits per heavy atom. The van der Waals surface area contributed by atoms with Crippen LogP contribution in [0.15, 0.2) is 23.8 Å². The molecule has 5 heteroatoms. The van der Waals surface area contributed by atoms with Gasteiger partial charge in [-0.1, -0.05) is 5.92 Å². The van der Waals surface area contributed by atoms with Gasteiger partial charge in [0.2, 0.25) is 0 Å². The largest absolute Gasteiger partial charge is 0.497 e. The van der Waals surface area contributed by atoms with Crippen molar-refractivity contribution in [3.63, 3.8) is 0 Å². The van der Waals surface area contributed by atoms with E-state index in [4.69, 9.17) is 26.9 Å². The molecule has 2 N–H and O–H groups in total. The number of carbonyl (C=O) groups is 1. The average molecular weight is 256 g/mol. The molecule has 0 spiro atoms. The van der Waals surface area contributed by atoms with Crippen molar-refractivity contribution in [3.05, 3.63) is 29.3 Å². The van der Waals surface area contributed by atoms with Crippen molar-refractivity contribution in [2.75, 3.05) is 13.7 Å². The van der Waals surface area contributed by atoms with Crippen LogP contribution >= 0.6 is 0 Å². The van der Waals surface area contributed by atoms with E-state index in [1.807, 2.05) is 0 Å². The molecule has 0 atom stereocenters. The second-order valence-corrected chi connectivity index (χ2v) is 3.43. The van der Waals surface area contributed by atoms with E-state index in [-0.39, 0.29) is 12.2 Å². The first kappa shape index (κ1) is 14.1. The van der Waals surface area contributed by atoms with Gasteiger partial charge in [-0.05, 0) is 18.2 Å². The molecule has 19 heavy (non-hydrogen) atoms. The monoisotopic (exact) mass is 256 g/mol. The molecule has 96 valence electrons. The lowest BCUT2D eigenvalue weighted by Gasteiger charge is -2.09.